The maximum atomic E-state index is 12.1. The fraction of sp³-hybridized carbons (Fsp3) is 0.346. The van der Waals surface area contributed by atoms with E-state index in [1.54, 1.807) is 18.3 Å². The summed E-state index contributed by atoms with van der Waals surface area (Å²) in [6, 6.07) is 13.2. The van der Waals surface area contributed by atoms with Gasteiger partial charge in [0.1, 0.15) is 29.4 Å². The van der Waals surface area contributed by atoms with E-state index < -0.39 is 0 Å². The second-order valence-corrected chi connectivity index (χ2v) is 8.82. The van der Waals surface area contributed by atoms with E-state index in [9.17, 15) is 10.1 Å². The molecule has 1 saturated heterocycles. The fourth-order valence-electron chi connectivity index (χ4n) is 4.06. The average Bonchev–Trinajstić information content (AvgIpc) is 3.65. The molecule has 8 heteroatoms. The van der Waals surface area contributed by atoms with Gasteiger partial charge in [-0.2, -0.15) is 5.26 Å². The molecule has 1 saturated carbocycles. The zero-order valence-electron chi connectivity index (χ0n) is 19.1. The second-order valence-electron chi connectivity index (χ2n) is 8.82. The number of fused-ring (bicyclic) bond motifs is 1. The van der Waals surface area contributed by atoms with Gasteiger partial charge in [0.05, 0.1) is 11.1 Å². The van der Waals surface area contributed by atoms with Crippen molar-refractivity contribution in [2.45, 2.75) is 44.8 Å². The Morgan fingerprint density at radius 3 is 2.79 bits per heavy atom. The van der Waals surface area contributed by atoms with Crippen LogP contribution in [0.4, 0.5) is 10.5 Å². The Morgan fingerprint density at radius 1 is 1.18 bits per heavy atom. The van der Waals surface area contributed by atoms with Crippen molar-refractivity contribution in [3.05, 3.63) is 53.7 Å². The van der Waals surface area contributed by atoms with Crippen molar-refractivity contribution < 1.29 is 14.3 Å². The predicted molar refractivity (Wildman–Crippen MR) is 129 cm³/mol. The van der Waals surface area contributed by atoms with Gasteiger partial charge in [0.25, 0.3) is 0 Å². The van der Waals surface area contributed by atoms with Crippen molar-refractivity contribution in [1.29, 1.82) is 5.26 Å². The number of aryl methyl sites for hydroxylation is 1. The Labute approximate surface area is 198 Å². The number of piperidine rings is 1. The Kier molecular flexibility index (Phi) is 6.19. The number of nitrogens with zero attached hydrogens (tertiary/aromatic N) is 2. The monoisotopic (exact) mass is 457 g/mol. The van der Waals surface area contributed by atoms with Gasteiger partial charge < -0.3 is 25.4 Å². The van der Waals surface area contributed by atoms with Crippen molar-refractivity contribution in [1.82, 2.24) is 15.6 Å². The number of carbonyl (C=O) groups excluding carboxylic acids is 1. The first-order valence-corrected chi connectivity index (χ1v) is 11.7. The lowest BCUT2D eigenvalue weighted by Crippen LogP contribution is -2.37. The summed E-state index contributed by atoms with van der Waals surface area (Å²) in [5, 5.41) is 19.6. The number of urea groups is 1. The maximum absolute atomic E-state index is 12.1. The summed E-state index contributed by atoms with van der Waals surface area (Å²) in [4.78, 5) is 16.5. The number of nitriles is 1. The number of nitrogens with one attached hydrogen (secondary N) is 3. The topological polar surface area (TPSA) is 108 Å². The minimum Gasteiger partial charge on any atom is -0.488 e. The minimum atomic E-state index is -0.189. The molecule has 2 amide bonds. The molecule has 8 nitrogen and oxygen atoms in total. The van der Waals surface area contributed by atoms with E-state index in [0.29, 0.717) is 34.4 Å². The van der Waals surface area contributed by atoms with Crippen molar-refractivity contribution in [3.8, 4) is 23.3 Å². The lowest BCUT2D eigenvalue weighted by Gasteiger charge is -2.24. The normalized spacial score (nSPS) is 17.6. The van der Waals surface area contributed by atoms with E-state index in [4.69, 9.17) is 9.47 Å². The molecule has 2 aliphatic rings. The van der Waals surface area contributed by atoms with Crippen LogP contribution in [0.3, 0.4) is 0 Å². The van der Waals surface area contributed by atoms with Gasteiger partial charge in [-0.25, -0.2) is 4.79 Å². The minimum absolute atomic E-state index is 0.0409. The summed E-state index contributed by atoms with van der Waals surface area (Å²) in [5.41, 5.74) is 2.77. The Bertz CT molecular complexity index is 1260. The second kappa shape index (κ2) is 9.57. The summed E-state index contributed by atoms with van der Waals surface area (Å²) in [5.74, 6) is 1.77. The van der Waals surface area contributed by atoms with Crippen LogP contribution < -0.4 is 25.4 Å². The first-order valence-electron chi connectivity index (χ1n) is 11.7. The molecule has 5 rings (SSSR count). The molecule has 2 aromatic carbocycles. The summed E-state index contributed by atoms with van der Waals surface area (Å²) in [6.07, 6.45) is 5.81. The number of amides is 2. The molecule has 1 unspecified atom stereocenters. The van der Waals surface area contributed by atoms with Crippen LogP contribution in [0.25, 0.3) is 10.9 Å². The zero-order valence-corrected chi connectivity index (χ0v) is 19.1. The van der Waals surface area contributed by atoms with Crippen LogP contribution in [0.5, 0.6) is 17.2 Å². The molecule has 174 valence electrons. The first-order chi connectivity index (χ1) is 16.6. The quantitative estimate of drug-likeness (QED) is 0.498. The summed E-state index contributed by atoms with van der Waals surface area (Å²) in [7, 11) is 0. The third-order valence-corrected chi connectivity index (χ3v) is 6.06. The fourth-order valence-corrected chi connectivity index (χ4v) is 4.06. The van der Waals surface area contributed by atoms with Gasteiger partial charge in [-0.1, -0.05) is 0 Å². The number of hydrogen-bond donors (Lipinski definition) is 3. The first kappa shape index (κ1) is 22.0. The molecule has 1 atom stereocenters. The molecule has 0 radical (unpaired) electrons. The number of hydrogen-bond acceptors (Lipinski definition) is 6. The van der Waals surface area contributed by atoms with Gasteiger partial charge in [0, 0.05) is 35.9 Å². The van der Waals surface area contributed by atoms with Crippen molar-refractivity contribution in [2.75, 3.05) is 18.4 Å². The number of anilines is 1. The molecule has 3 N–H and O–H groups in total. The van der Waals surface area contributed by atoms with Crippen LogP contribution in [-0.4, -0.2) is 36.3 Å². The van der Waals surface area contributed by atoms with Gasteiger partial charge in [0.2, 0.25) is 0 Å². The molecule has 3 aromatic rings. The number of rotatable bonds is 6. The van der Waals surface area contributed by atoms with E-state index in [1.807, 2.05) is 31.2 Å². The molecule has 1 aliphatic carbocycles. The molecule has 2 fully saturated rings. The van der Waals surface area contributed by atoms with E-state index >= 15 is 0 Å². The van der Waals surface area contributed by atoms with E-state index in [0.717, 1.165) is 55.4 Å². The van der Waals surface area contributed by atoms with Crippen molar-refractivity contribution in [3.63, 3.8) is 0 Å². The van der Waals surface area contributed by atoms with Crippen LogP contribution in [0, 0.1) is 18.3 Å². The van der Waals surface area contributed by atoms with Gasteiger partial charge >= 0.3 is 6.03 Å². The van der Waals surface area contributed by atoms with Gasteiger partial charge in [0.15, 0.2) is 0 Å². The van der Waals surface area contributed by atoms with Crippen LogP contribution in [0.1, 0.15) is 36.8 Å². The van der Waals surface area contributed by atoms with E-state index in [-0.39, 0.29) is 12.1 Å². The standard InChI is InChI=1S/C26H27N5O3/c1-16-11-19(6-7-22(16)31-26(32)30-18-4-5-18)33-24-8-10-29-23-13-25(17(14-27)12-21(23)24)34-20-3-2-9-28-15-20/h6-8,10-13,18,20,28H,2-5,9,15H2,1H3,(H2,30,31,32). The van der Waals surface area contributed by atoms with Crippen molar-refractivity contribution in [2.24, 2.45) is 0 Å². The molecule has 0 spiro atoms. The van der Waals surface area contributed by atoms with Crippen LogP contribution in [0.2, 0.25) is 0 Å². The van der Waals surface area contributed by atoms with Crippen molar-refractivity contribution >= 4 is 22.6 Å². The molecule has 0 bridgehead atoms. The van der Waals surface area contributed by atoms with Crippen LogP contribution >= 0.6 is 0 Å². The number of pyridine rings is 1. The van der Waals surface area contributed by atoms with Gasteiger partial charge in [-0.15, -0.1) is 0 Å². The average molecular weight is 458 g/mol. The number of ether oxygens (including phenoxy) is 2. The van der Waals surface area contributed by atoms with Gasteiger partial charge in [-0.05, 0) is 75.0 Å². The number of carbonyl (C=O) groups is 1. The lowest BCUT2D eigenvalue weighted by atomic mass is 10.1. The van der Waals surface area contributed by atoms with Gasteiger partial charge in [-0.3, -0.25) is 4.98 Å². The summed E-state index contributed by atoms with van der Waals surface area (Å²) in [6.45, 7) is 3.68. The highest BCUT2D eigenvalue weighted by Crippen LogP contribution is 2.34. The number of aromatic nitrogens is 1. The SMILES string of the molecule is Cc1cc(Oc2ccnc3cc(OC4CCCNC4)c(C#N)cc23)ccc1NC(=O)NC1CC1. The highest BCUT2D eigenvalue weighted by Gasteiger charge is 2.23. The smallest absolute Gasteiger partial charge is 0.319 e. The lowest BCUT2D eigenvalue weighted by molar-refractivity contribution is 0.167. The molecular weight excluding hydrogens is 430 g/mol. The highest BCUT2D eigenvalue weighted by molar-refractivity contribution is 5.91. The largest absolute Gasteiger partial charge is 0.488 e. The third-order valence-electron chi connectivity index (χ3n) is 6.06. The molecular formula is C26H27N5O3. The maximum Gasteiger partial charge on any atom is 0.319 e. The molecule has 1 aliphatic heterocycles. The number of benzene rings is 2. The predicted octanol–water partition coefficient (Wildman–Crippen LogP) is 4.62. The third kappa shape index (κ3) is 5.05. The summed E-state index contributed by atoms with van der Waals surface area (Å²) >= 11 is 0. The molecule has 34 heavy (non-hydrogen) atoms. The molecule has 2 heterocycles. The van der Waals surface area contributed by atoms with E-state index in [1.165, 1.54) is 0 Å². The highest BCUT2D eigenvalue weighted by atomic mass is 16.5. The molecule has 1 aromatic heterocycles. The zero-order chi connectivity index (χ0) is 23.5. The Morgan fingerprint density at radius 2 is 2.06 bits per heavy atom. The summed E-state index contributed by atoms with van der Waals surface area (Å²) < 4.78 is 12.3. The van der Waals surface area contributed by atoms with E-state index in [2.05, 4.69) is 27.0 Å². The van der Waals surface area contributed by atoms with Crippen LogP contribution in [0.15, 0.2) is 42.6 Å². The van der Waals surface area contributed by atoms with Crippen LogP contribution in [-0.2, 0) is 0 Å². The Hall–Kier alpha value is -3.83. The Balaban J connectivity index is 1.36.